The van der Waals surface area contributed by atoms with Crippen molar-refractivity contribution in [3.63, 3.8) is 0 Å². The molecule has 1 heterocycles. The Labute approximate surface area is 176 Å². The van der Waals surface area contributed by atoms with E-state index in [9.17, 15) is 26.8 Å². The normalized spacial score (nSPS) is 19.0. The van der Waals surface area contributed by atoms with Crippen molar-refractivity contribution >= 4 is 38.6 Å². The molecule has 3 N–H and O–H groups in total. The van der Waals surface area contributed by atoms with E-state index < -0.39 is 21.9 Å². The molecule has 2 fully saturated rings. The van der Waals surface area contributed by atoms with Gasteiger partial charge in [0, 0.05) is 23.4 Å². The number of halogens is 2. The Kier molecular flexibility index (Phi) is 6.16. The van der Waals surface area contributed by atoms with Crippen LogP contribution in [0.25, 0.3) is 0 Å². The number of carbonyl (C=O) groups excluding carboxylic acids is 2. The maximum absolute atomic E-state index is 13.3. The van der Waals surface area contributed by atoms with Crippen LogP contribution in [0.3, 0.4) is 0 Å². The Balaban J connectivity index is 1.64. The van der Waals surface area contributed by atoms with Crippen molar-refractivity contribution in [1.82, 2.24) is 4.90 Å². The molecule has 1 saturated carbocycles. The van der Waals surface area contributed by atoms with Gasteiger partial charge < -0.3 is 10.2 Å². The van der Waals surface area contributed by atoms with Gasteiger partial charge in [-0.2, -0.15) is 5.26 Å². The van der Waals surface area contributed by atoms with Gasteiger partial charge >= 0.3 is 0 Å². The topological polar surface area (TPSA) is 133 Å². The van der Waals surface area contributed by atoms with Crippen LogP contribution in [0.1, 0.15) is 31.2 Å². The first-order valence-corrected chi connectivity index (χ1v) is 11.3. The van der Waals surface area contributed by atoms with Crippen molar-refractivity contribution in [2.75, 3.05) is 18.4 Å². The summed E-state index contributed by atoms with van der Waals surface area (Å²) in [5.74, 6) is -3.21. The molecule has 3 rings (SSSR count). The first-order chi connectivity index (χ1) is 14.0. The predicted octanol–water partition coefficient (Wildman–Crippen LogP) is 2.78. The van der Waals surface area contributed by atoms with Gasteiger partial charge in [-0.15, -0.1) is 0 Å². The van der Waals surface area contributed by atoms with Gasteiger partial charge in [0.2, 0.25) is 21.9 Å². The number of anilines is 1. The molecule has 30 heavy (non-hydrogen) atoms. The summed E-state index contributed by atoms with van der Waals surface area (Å²) in [4.78, 5) is 26.2. The quantitative estimate of drug-likeness (QED) is 0.716. The number of amides is 2. The molecular weight excluding hydrogens is 438 g/mol. The maximum atomic E-state index is 13.3. The number of rotatable bonds is 4. The van der Waals surface area contributed by atoms with Crippen molar-refractivity contribution < 1.29 is 26.8 Å². The number of sulfonamides is 1. The zero-order chi connectivity index (χ0) is 22.1. The number of nitrogens with two attached hydrogens (primary N) is 1. The monoisotopic (exact) mass is 456 g/mol. The number of allylic oxidation sites excluding steroid dienone is 1. The number of alkyl halides is 2. The number of nitrogens with one attached hydrogen (secondary N) is 1. The Morgan fingerprint density at radius 3 is 2.60 bits per heavy atom. The molecule has 160 valence electrons. The van der Waals surface area contributed by atoms with Crippen LogP contribution in [0.5, 0.6) is 0 Å². The van der Waals surface area contributed by atoms with Gasteiger partial charge in [-0.3, -0.25) is 9.59 Å². The van der Waals surface area contributed by atoms with E-state index in [-0.39, 0.29) is 60.2 Å². The molecule has 1 aromatic rings. The number of primary sulfonamides is 1. The number of nitriles is 1. The summed E-state index contributed by atoms with van der Waals surface area (Å²) >= 11 is 0.957. The molecule has 0 aromatic heterocycles. The van der Waals surface area contributed by atoms with E-state index in [0.29, 0.717) is 4.91 Å². The highest BCUT2D eigenvalue weighted by Gasteiger charge is 2.36. The summed E-state index contributed by atoms with van der Waals surface area (Å²) in [6, 6.07) is 5.28. The lowest BCUT2D eigenvalue weighted by Gasteiger charge is -2.24. The van der Waals surface area contributed by atoms with Crippen LogP contribution >= 0.6 is 11.8 Å². The SMILES string of the molecule is N#Cc1cc(NC(=O)CN2CC(=C3CCC(F)(F)CC3)SC2=O)ccc1S(N)(=O)=O. The summed E-state index contributed by atoms with van der Waals surface area (Å²) in [7, 11) is -4.08. The van der Waals surface area contributed by atoms with Gasteiger partial charge in [0.05, 0.1) is 17.0 Å². The molecule has 1 saturated heterocycles. The average Bonchev–Trinajstić information content (AvgIpc) is 3.00. The van der Waals surface area contributed by atoms with Gasteiger partial charge in [0.1, 0.15) is 12.6 Å². The number of nitrogens with zero attached hydrogens (tertiary/aromatic N) is 2. The molecule has 12 heteroatoms. The van der Waals surface area contributed by atoms with Crippen LogP contribution in [-0.2, 0) is 14.8 Å². The molecule has 2 aliphatic rings. The highest BCUT2D eigenvalue weighted by molar-refractivity contribution is 8.17. The van der Waals surface area contributed by atoms with Crippen LogP contribution in [0.4, 0.5) is 19.3 Å². The molecule has 0 spiro atoms. The van der Waals surface area contributed by atoms with Crippen molar-refractivity contribution in [3.05, 3.63) is 34.2 Å². The van der Waals surface area contributed by atoms with E-state index >= 15 is 0 Å². The van der Waals surface area contributed by atoms with E-state index in [1.54, 1.807) is 6.07 Å². The zero-order valence-corrected chi connectivity index (χ0v) is 17.3. The fourth-order valence-corrected chi connectivity index (χ4v) is 4.96. The van der Waals surface area contributed by atoms with E-state index in [1.807, 2.05) is 0 Å². The first-order valence-electron chi connectivity index (χ1n) is 8.91. The minimum atomic E-state index is -4.08. The smallest absolute Gasteiger partial charge is 0.286 e. The molecule has 1 aromatic carbocycles. The van der Waals surface area contributed by atoms with E-state index in [0.717, 1.165) is 23.4 Å². The average molecular weight is 456 g/mol. The second kappa shape index (κ2) is 8.33. The largest absolute Gasteiger partial charge is 0.325 e. The number of benzene rings is 1. The van der Waals surface area contributed by atoms with E-state index in [4.69, 9.17) is 10.4 Å². The first kappa shape index (κ1) is 22.2. The van der Waals surface area contributed by atoms with Gasteiger partial charge in [-0.05, 0) is 42.8 Å². The van der Waals surface area contributed by atoms with Crippen LogP contribution in [0, 0.1) is 11.3 Å². The molecule has 8 nitrogen and oxygen atoms in total. The molecule has 0 atom stereocenters. The highest BCUT2D eigenvalue weighted by Crippen LogP contribution is 2.41. The predicted molar refractivity (Wildman–Crippen MR) is 106 cm³/mol. The van der Waals surface area contributed by atoms with Crippen molar-refractivity contribution in [2.24, 2.45) is 5.14 Å². The van der Waals surface area contributed by atoms with Crippen LogP contribution < -0.4 is 10.5 Å². The van der Waals surface area contributed by atoms with Crippen LogP contribution in [0.2, 0.25) is 0 Å². The zero-order valence-electron chi connectivity index (χ0n) is 15.7. The minimum absolute atomic E-state index is 0.177. The third-order valence-electron chi connectivity index (χ3n) is 4.81. The molecule has 1 aliphatic heterocycles. The standard InChI is InChI=1S/C18H18F2N4O4S2/c19-18(20)5-3-11(4-6-18)14-9-24(17(26)29-14)10-16(25)23-13-1-2-15(30(22,27)28)12(7-13)8-21/h1-2,7H,3-6,9-10H2,(H,23,25)(H2,22,27,28). The summed E-state index contributed by atoms with van der Waals surface area (Å²) in [6.45, 7) is -0.0801. The lowest BCUT2D eigenvalue weighted by Crippen LogP contribution is -2.33. The van der Waals surface area contributed by atoms with Gasteiger partial charge in [-0.1, -0.05) is 5.57 Å². The fourth-order valence-electron chi connectivity index (χ4n) is 3.26. The molecule has 0 bridgehead atoms. The molecule has 2 amide bonds. The number of hydrogen-bond acceptors (Lipinski definition) is 6. The molecule has 0 radical (unpaired) electrons. The summed E-state index contributed by atoms with van der Waals surface area (Å²) < 4.78 is 49.6. The maximum Gasteiger partial charge on any atom is 0.286 e. The highest BCUT2D eigenvalue weighted by atomic mass is 32.2. The number of carbonyl (C=O) groups is 2. The Hall–Kier alpha value is -2.49. The Morgan fingerprint density at radius 2 is 2.00 bits per heavy atom. The second-order valence-corrected chi connectivity index (χ2v) is 9.60. The van der Waals surface area contributed by atoms with Gasteiger partial charge in [-0.25, -0.2) is 22.3 Å². The molecule has 0 unspecified atom stereocenters. The summed E-state index contributed by atoms with van der Waals surface area (Å²) in [5.41, 5.74) is 0.792. The molecular formula is C18H18F2N4O4S2. The third-order valence-corrected chi connectivity index (χ3v) is 6.87. The van der Waals surface area contributed by atoms with Gasteiger partial charge in [0.25, 0.3) is 5.24 Å². The summed E-state index contributed by atoms with van der Waals surface area (Å²) in [6.07, 6.45) is -0.0143. The van der Waals surface area contributed by atoms with Crippen molar-refractivity contribution in [3.8, 4) is 6.07 Å². The van der Waals surface area contributed by atoms with Crippen molar-refractivity contribution in [2.45, 2.75) is 36.5 Å². The second-order valence-electron chi connectivity index (χ2n) is 7.02. The summed E-state index contributed by atoms with van der Waals surface area (Å²) in [5, 5.41) is 16.3. The number of hydrogen-bond donors (Lipinski definition) is 2. The molecule has 1 aliphatic carbocycles. The Bertz CT molecular complexity index is 1070. The van der Waals surface area contributed by atoms with E-state index in [1.165, 1.54) is 17.0 Å². The van der Waals surface area contributed by atoms with Crippen molar-refractivity contribution in [1.29, 1.82) is 5.26 Å². The minimum Gasteiger partial charge on any atom is -0.325 e. The fraction of sp³-hybridized carbons (Fsp3) is 0.389. The third kappa shape index (κ3) is 5.16. The van der Waals surface area contributed by atoms with Crippen LogP contribution in [-0.4, -0.2) is 43.5 Å². The van der Waals surface area contributed by atoms with Crippen LogP contribution in [0.15, 0.2) is 33.6 Å². The van der Waals surface area contributed by atoms with E-state index in [2.05, 4.69) is 5.32 Å². The lowest BCUT2D eigenvalue weighted by atomic mass is 9.91. The Morgan fingerprint density at radius 1 is 1.33 bits per heavy atom. The lowest BCUT2D eigenvalue weighted by molar-refractivity contribution is -0.116. The number of thioether (sulfide) groups is 1. The van der Waals surface area contributed by atoms with Gasteiger partial charge in [0.15, 0.2) is 0 Å².